The van der Waals surface area contributed by atoms with Crippen molar-refractivity contribution in [3.63, 3.8) is 0 Å². The molecule has 0 heterocycles. The average molecular weight is 210 g/mol. The van der Waals surface area contributed by atoms with Crippen LogP contribution in [-0.2, 0) is 10.1 Å². The molecule has 0 aromatic heterocycles. The molecular formula is C8H15FO3S. The predicted octanol–water partition coefficient (Wildman–Crippen LogP) is 1.79. The lowest BCUT2D eigenvalue weighted by Gasteiger charge is -2.25. The molecule has 0 aromatic carbocycles. The van der Waals surface area contributed by atoms with E-state index in [1.165, 1.54) is 0 Å². The number of hydrogen-bond acceptors (Lipinski definition) is 2. The van der Waals surface area contributed by atoms with Gasteiger partial charge in [-0.15, -0.1) is 0 Å². The van der Waals surface area contributed by atoms with Crippen LogP contribution in [0.1, 0.15) is 32.1 Å². The highest BCUT2D eigenvalue weighted by Crippen LogP contribution is 2.29. The highest BCUT2D eigenvalue weighted by Gasteiger charge is 2.25. The molecule has 0 aliphatic heterocycles. The van der Waals surface area contributed by atoms with E-state index in [1.54, 1.807) is 0 Å². The van der Waals surface area contributed by atoms with Gasteiger partial charge in [0.15, 0.2) is 0 Å². The van der Waals surface area contributed by atoms with Crippen molar-refractivity contribution in [1.29, 1.82) is 0 Å². The molecule has 0 radical (unpaired) electrons. The van der Waals surface area contributed by atoms with E-state index in [-0.39, 0.29) is 18.1 Å². The molecule has 0 amide bonds. The van der Waals surface area contributed by atoms with Gasteiger partial charge in [0.05, 0.1) is 5.75 Å². The van der Waals surface area contributed by atoms with Gasteiger partial charge in [-0.05, 0) is 25.2 Å². The molecule has 1 fully saturated rings. The summed E-state index contributed by atoms with van der Waals surface area (Å²) in [6.45, 7) is 0. The molecule has 1 saturated carbocycles. The zero-order valence-corrected chi connectivity index (χ0v) is 8.26. The molecule has 0 bridgehead atoms. The van der Waals surface area contributed by atoms with Crippen molar-refractivity contribution in [2.45, 2.75) is 38.3 Å². The van der Waals surface area contributed by atoms with Crippen LogP contribution in [0, 0.1) is 5.92 Å². The minimum atomic E-state index is -3.91. The standard InChI is InChI=1S/C8H15FO3S/c9-8-4-2-1-3-7(8)5-6-13(10,11)12/h7-8H,1-6H2,(H,10,11,12). The zero-order chi connectivity index (χ0) is 9.90. The van der Waals surface area contributed by atoms with Gasteiger partial charge in [-0.2, -0.15) is 8.42 Å². The number of rotatable bonds is 3. The van der Waals surface area contributed by atoms with E-state index >= 15 is 0 Å². The number of hydrogen-bond donors (Lipinski definition) is 1. The predicted molar refractivity (Wildman–Crippen MR) is 47.9 cm³/mol. The summed E-state index contributed by atoms with van der Waals surface area (Å²) in [5.74, 6) is -0.478. The summed E-state index contributed by atoms with van der Waals surface area (Å²) in [4.78, 5) is 0. The van der Waals surface area contributed by atoms with Crippen LogP contribution in [0.15, 0.2) is 0 Å². The van der Waals surface area contributed by atoms with Crippen molar-refractivity contribution in [3.05, 3.63) is 0 Å². The molecule has 2 atom stereocenters. The Hall–Kier alpha value is -0.160. The second-order valence-electron chi connectivity index (χ2n) is 3.64. The Bertz CT molecular complexity index is 250. The molecule has 0 spiro atoms. The molecular weight excluding hydrogens is 195 g/mol. The van der Waals surface area contributed by atoms with Crippen molar-refractivity contribution in [3.8, 4) is 0 Å². The third kappa shape index (κ3) is 4.04. The smallest absolute Gasteiger partial charge is 0.264 e. The Morgan fingerprint density at radius 2 is 1.92 bits per heavy atom. The molecule has 78 valence electrons. The number of alkyl halides is 1. The third-order valence-electron chi connectivity index (χ3n) is 2.56. The van der Waals surface area contributed by atoms with Gasteiger partial charge in [0.2, 0.25) is 0 Å². The summed E-state index contributed by atoms with van der Waals surface area (Å²) in [5, 5.41) is 0. The maximum atomic E-state index is 13.1. The molecule has 5 heteroatoms. The molecule has 0 aromatic rings. The molecule has 1 aliphatic carbocycles. The van der Waals surface area contributed by atoms with E-state index in [9.17, 15) is 12.8 Å². The average Bonchev–Trinajstić information content (AvgIpc) is 2.01. The molecule has 13 heavy (non-hydrogen) atoms. The van der Waals surface area contributed by atoms with Crippen LogP contribution in [0.25, 0.3) is 0 Å². The Kier molecular flexibility index (Phi) is 3.67. The highest BCUT2D eigenvalue weighted by atomic mass is 32.2. The normalized spacial score (nSPS) is 30.3. The number of halogens is 1. The van der Waals surface area contributed by atoms with Crippen LogP contribution in [0.2, 0.25) is 0 Å². The Morgan fingerprint density at radius 3 is 2.46 bits per heavy atom. The van der Waals surface area contributed by atoms with Gasteiger partial charge in [0.25, 0.3) is 10.1 Å². The van der Waals surface area contributed by atoms with Crippen LogP contribution >= 0.6 is 0 Å². The molecule has 0 saturated heterocycles. The van der Waals surface area contributed by atoms with Crippen LogP contribution < -0.4 is 0 Å². The quantitative estimate of drug-likeness (QED) is 0.722. The lowest BCUT2D eigenvalue weighted by Crippen LogP contribution is -2.23. The van der Waals surface area contributed by atoms with Crippen molar-refractivity contribution < 1.29 is 17.4 Å². The summed E-state index contributed by atoms with van der Waals surface area (Å²) >= 11 is 0. The Morgan fingerprint density at radius 1 is 1.31 bits per heavy atom. The van der Waals surface area contributed by atoms with Crippen LogP contribution in [0.3, 0.4) is 0 Å². The Labute approximate surface area is 78.1 Å². The lowest BCUT2D eigenvalue weighted by atomic mass is 9.86. The summed E-state index contributed by atoms with van der Waals surface area (Å²) < 4.78 is 42.5. The largest absolute Gasteiger partial charge is 0.286 e. The van der Waals surface area contributed by atoms with E-state index in [2.05, 4.69) is 0 Å². The van der Waals surface area contributed by atoms with Crippen LogP contribution in [0.4, 0.5) is 4.39 Å². The summed E-state index contributed by atoms with van der Waals surface area (Å²) in [7, 11) is -3.91. The molecule has 1 rings (SSSR count). The van der Waals surface area contributed by atoms with E-state index in [1.807, 2.05) is 0 Å². The van der Waals surface area contributed by atoms with Gasteiger partial charge in [-0.25, -0.2) is 4.39 Å². The van der Waals surface area contributed by atoms with Crippen molar-refractivity contribution in [2.24, 2.45) is 5.92 Å². The highest BCUT2D eigenvalue weighted by molar-refractivity contribution is 7.85. The van der Waals surface area contributed by atoms with Gasteiger partial charge >= 0.3 is 0 Å². The summed E-state index contributed by atoms with van der Waals surface area (Å²) in [6.07, 6.45) is 2.52. The first-order valence-corrected chi connectivity index (χ1v) is 6.19. The van der Waals surface area contributed by atoms with Crippen molar-refractivity contribution in [1.82, 2.24) is 0 Å². The zero-order valence-electron chi connectivity index (χ0n) is 7.45. The fourth-order valence-corrected chi connectivity index (χ4v) is 2.39. The summed E-state index contributed by atoms with van der Waals surface area (Å²) in [5.41, 5.74) is 0. The minimum absolute atomic E-state index is 0.171. The first kappa shape index (κ1) is 10.9. The van der Waals surface area contributed by atoms with Gasteiger partial charge in [-0.3, -0.25) is 4.55 Å². The second-order valence-corrected chi connectivity index (χ2v) is 5.21. The Balaban J connectivity index is 2.35. The van der Waals surface area contributed by atoms with E-state index in [0.717, 1.165) is 19.3 Å². The fraction of sp³-hybridized carbons (Fsp3) is 1.00. The van der Waals surface area contributed by atoms with E-state index < -0.39 is 16.3 Å². The second kappa shape index (κ2) is 4.37. The minimum Gasteiger partial charge on any atom is -0.286 e. The van der Waals surface area contributed by atoms with Crippen LogP contribution in [-0.4, -0.2) is 24.9 Å². The van der Waals surface area contributed by atoms with E-state index in [0.29, 0.717) is 6.42 Å². The van der Waals surface area contributed by atoms with Crippen molar-refractivity contribution >= 4 is 10.1 Å². The SMILES string of the molecule is O=S(=O)(O)CCC1CCCCC1F. The van der Waals surface area contributed by atoms with Gasteiger partial charge in [0, 0.05) is 0 Å². The monoisotopic (exact) mass is 210 g/mol. The van der Waals surface area contributed by atoms with Crippen molar-refractivity contribution in [2.75, 3.05) is 5.75 Å². The molecule has 3 nitrogen and oxygen atoms in total. The maximum absolute atomic E-state index is 13.1. The molecule has 2 unspecified atom stereocenters. The topological polar surface area (TPSA) is 54.4 Å². The maximum Gasteiger partial charge on any atom is 0.264 e. The molecule has 1 aliphatic rings. The lowest BCUT2D eigenvalue weighted by molar-refractivity contribution is 0.162. The van der Waals surface area contributed by atoms with Gasteiger partial charge in [-0.1, -0.05) is 12.8 Å². The first-order chi connectivity index (χ1) is 5.99. The third-order valence-corrected chi connectivity index (χ3v) is 3.31. The summed E-state index contributed by atoms with van der Waals surface area (Å²) in [6, 6.07) is 0. The van der Waals surface area contributed by atoms with E-state index in [4.69, 9.17) is 4.55 Å². The fourth-order valence-electron chi connectivity index (χ4n) is 1.79. The van der Waals surface area contributed by atoms with Gasteiger partial charge in [0.1, 0.15) is 6.17 Å². The van der Waals surface area contributed by atoms with Gasteiger partial charge < -0.3 is 0 Å². The van der Waals surface area contributed by atoms with Crippen LogP contribution in [0.5, 0.6) is 0 Å². The molecule has 1 N–H and O–H groups in total. The first-order valence-electron chi connectivity index (χ1n) is 4.58.